The number of aromatic nitrogens is 3. The number of nitrogens with one attached hydrogen (secondary N) is 1. The van der Waals surface area contributed by atoms with Crippen molar-refractivity contribution >= 4 is 23.0 Å². The topological polar surface area (TPSA) is 88.8 Å². The highest BCUT2D eigenvalue weighted by Gasteiger charge is 2.19. The minimum Gasteiger partial charge on any atom is -0.497 e. The van der Waals surface area contributed by atoms with Crippen molar-refractivity contribution in [3.05, 3.63) is 47.9 Å². The summed E-state index contributed by atoms with van der Waals surface area (Å²) in [4.78, 5) is 15.7. The first-order chi connectivity index (χ1) is 11.1. The van der Waals surface area contributed by atoms with Gasteiger partial charge in [-0.15, -0.1) is 0 Å². The standard InChI is InChI=1S/C16H16N4O3/c1-3-12-13(16(21)22)8-20-14(12)15(17-9-18-20)19-10-4-6-11(23-2)7-5-10/h4-9H,3H2,1-2H3,(H,21,22)(H,17,18,19). The maximum absolute atomic E-state index is 11.4. The van der Waals surface area contributed by atoms with Crippen molar-refractivity contribution in [1.82, 2.24) is 14.6 Å². The third kappa shape index (κ3) is 2.68. The third-order valence-electron chi connectivity index (χ3n) is 3.62. The smallest absolute Gasteiger partial charge is 0.337 e. The normalized spacial score (nSPS) is 10.7. The number of rotatable bonds is 5. The second-order valence-electron chi connectivity index (χ2n) is 4.94. The van der Waals surface area contributed by atoms with Gasteiger partial charge in [-0.05, 0) is 36.2 Å². The SMILES string of the molecule is CCc1c(C(=O)O)cn2ncnc(Nc3ccc(OC)cc3)c12. The lowest BCUT2D eigenvalue weighted by molar-refractivity contribution is 0.0696. The van der Waals surface area contributed by atoms with Gasteiger partial charge in [0.2, 0.25) is 0 Å². The number of fused-ring (bicyclic) bond motifs is 1. The van der Waals surface area contributed by atoms with E-state index in [0.717, 1.165) is 11.4 Å². The molecule has 7 nitrogen and oxygen atoms in total. The van der Waals surface area contributed by atoms with Gasteiger partial charge >= 0.3 is 5.97 Å². The number of ether oxygens (including phenoxy) is 1. The summed E-state index contributed by atoms with van der Waals surface area (Å²) in [6, 6.07) is 7.40. The monoisotopic (exact) mass is 312 g/mol. The lowest BCUT2D eigenvalue weighted by Gasteiger charge is -2.09. The largest absolute Gasteiger partial charge is 0.497 e. The lowest BCUT2D eigenvalue weighted by atomic mass is 10.1. The van der Waals surface area contributed by atoms with E-state index in [-0.39, 0.29) is 5.56 Å². The molecule has 0 bridgehead atoms. The number of benzene rings is 1. The molecule has 2 N–H and O–H groups in total. The van der Waals surface area contributed by atoms with E-state index in [0.29, 0.717) is 23.3 Å². The minimum absolute atomic E-state index is 0.241. The van der Waals surface area contributed by atoms with Crippen molar-refractivity contribution in [2.75, 3.05) is 12.4 Å². The van der Waals surface area contributed by atoms with Crippen LogP contribution in [0.2, 0.25) is 0 Å². The van der Waals surface area contributed by atoms with Gasteiger partial charge in [0.05, 0.1) is 12.7 Å². The van der Waals surface area contributed by atoms with Crippen LogP contribution in [0.1, 0.15) is 22.8 Å². The first kappa shape index (κ1) is 14.8. The van der Waals surface area contributed by atoms with Crippen LogP contribution < -0.4 is 10.1 Å². The van der Waals surface area contributed by atoms with Crippen molar-refractivity contribution in [2.45, 2.75) is 13.3 Å². The molecule has 7 heteroatoms. The van der Waals surface area contributed by atoms with Gasteiger partial charge in [-0.2, -0.15) is 5.10 Å². The van der Waals surface area contributed by atoms with Crippen molar-refractivity contribution in [3.63, 3.8) is 0 Å². The van der Waals surface area contributed by atoms with Gasteiger partial charge in [0.25, 0.3) is 0 Å². The number of methoxy groups -OCH3 is 1. The number of hydrogen-bond donors (Lipinski definition) is 2. The number of carboxylic acid groups (broad SMARTS) is 1. The zero-order valence-corrected chi connectivity index (χ0v) is 12.8. The molecule has 3 aromatic rings. The third-order valence-corrected chi connectivity index (χ3v) is 3.62. The first-order valence-corrected chi connectivity index (χ1v) is 7.13. The molecule has 0 saturated heterocycles. The molecule has 0 saturated carbocycles. The summed E-state index contributed by atoms with van der Waals surface area (Å²) in [5.41, 5.74) is 2.44. The molecule has 0 spiro atoms. The van der Waals surface area contributed by atoms with Crippen LogP contribution >= 0.6 is 0 Å². The van der Waals surface area contributed by atoms with Crippen LogP contribution in [0.5, 0.6) is 5.75 Å². The highest BCUT2D eigenvalue weighted by Crippen LogP contribution is 2.27. The molecule has 0 aliphatic carbocycles. The van der Waals surface area contributed by atoms with Crippen LogP contribution in [-0.4, -0.2) is 32.8 Å². The fraction of sp³-hybridized carbons (Fsp3) is 0.188. The summed E-state index contributed by atoms with van der Waals surface area (Å²) in [6.07, 6.45) is 3.48. The molecule has 2 aromatic heterocycles. The number of aryl methyl sites for hydroxylation is 1. The summed E-state index contributed by atoms with van der Waals surface area (Å²) in [6.45, 7) is 1.91. The summed E-state index contributed by atoms with van der Waals surface area (Å²) in [5, 5.41) is 16.6. The van der Waals surface area contributed by atoms with Gasteiger partial charge in [0.15, 0.2) is 5.82 Å². The van der Waals surface area contributed by atoms with E-state index in [2.05, 4.69) is 15.4 Å². The Hall–Kier alpha value is -3.09. The Balaban J connectivity index is 2.07. The zero-order valence-electron chi connectivity index (χ0n) is 12.8. The van der Waals surface area contributed by atoms with Crippen molar-refractivity contribution in [3.8, 4) is 5.75 Å². The van der Waals surface area contributed by atoms with E-state index in [4.69, 9.17) is 4.74 Å². The van der Waals surface area contributed by atoms with Crippen LogP contribution in [0.25, 0.3) is 5.52 Å². The number of aromatic carboxylic acids is 1. The number of carbonyl (C=O) groups is 1. The molecule has 2 heterocycles. The molecule has 0 radical (unpaired) electrons. The van der Waals surface area contributed by atoms with Crippen LogP contribution in [-0.2, 0) is 6.42 Å². The van der Waals surface area contributed by atoms with Gasteiger partial charge in [-0.25, -0.2) is 14.3 Å². The predicted molar refractivity (Wildman–Crippen MR) is 85.6 cm³/mol. The summed E-state index contributed by atoms with van der Waals surface area (Å²) >= 11 is 0. The maximum Gasteiger partial charge on any atom is 0.337 e. The number of anilines is 2. The lowest BCUT2D eigenvalue weighted by Crippen LogP contribution is -2.01. The molecular formula is C16H16N4O3. The van der Waals surface area contributed by atoms with E-state index in [1.165, 1.54) is 12.5 Å². The molecule has 0 amide bonds. The zero-order chi connectivity index (χ0) is 16.4. The highest BCUT2D eigenvalue weighted by atomic mass is 16.5. The molecule has 3 rings (SSSR count). The molecular weight excluding hydrogens is 296 g/mol. The van der Waals surface area contributed by atoms with E-state index >= 15 is 0 Å². The van der Waals surface area contributed by atoms with E-state index in [1.807, 2.05) is 31.2 Å². The number of carboxylic acids is 1. The summed E-state index contributed by atoms with van der Waals surface area (Å²) in [5.74, 6) is 0.353. The van der Waals surface area contributed by atoms with Gasteiger partial charge in [0, 0.05) is 11.9 Å². The predicted octanol–water partition coefficient (Wildman–Crippen LogP) is 2.74. The second kappa shape index (κ2) is 5.96. The fourth-order valence-electron chi connectivity index (χ4n) is 2.52. The van der Waals surface area contributed by atoms with Crippen LogP contribution in [0.15, 0.2) is 36.8 Å². The van der Waals surface area contributed by atoms with Gasteiger partial charge in [-0.1, -0.05) is 6.92 Å². The average Bonchev–Trinajstić information content (AvgIpc) is 2.95. The molecule has 0 aliphatic rings. The van der Waals surface area contributed by atoms with Crippen LogP contribution in [0.4, 0.5) is 11.5 Å². The average molecular weight is 312 g/mol. The Morgan fingerprint density at radius 2 is 2.09 bits per heavy atom. The minimum atomic E-state index is -0.970. The number of hydrogen-bond acceptors (Lipinski definition) is 5. The van der Waals surface area contributed by atoms with Crippen molar-refractivity contribution in [1.29, 1.82) is 0 Å². The molecule has 0 aliphatic heterocycles. The number of nitrogens with zero attached hydrogens (tertiary/aromatic N) is 3. The molecule has 1 aromatic carbocycles. The second-order valence-corrected chi connectivity index (χ2v) is 4.94. The van der Waals surface area contributed by atoms with E-state index in [1.54, 1.807) is 11.6 Å². The molecule has 0 unspecified atom stereocenters. The summed E-state index contributed by atoms with van der Waals surface area (Å²) < 4.78 is 6.68. The Kier molecular flexibility index (Phi) is 3.84. The Labute approximate surface area is 132 Å². The Morgan fingerprint density at radius 1 is 1.35 bits per heavy atom. The van der Waals surface area contributed by atoms with E-state index < -0.39 is 5.97 Å². The fourth-order valence-corrected chi connectivity index (χ4v) is 2.52. The maximum atomic E-state index is 11.4. The van der Waals surface area contributed by atoms with Crippen molar-refractivity contribution < 1.29 is 14.6 Å². The van der Waals surface area contributed by atoms with Gasteiger partial charge < -0.3 is 15.2 Å². The van der Waals surface area contributed by atoms with Gasteiger partial charge in [0.1, 0.15) is 17.6 Å². The summed E-state index contributed by atoms with van der Waals surface area (Å²) in [7, 11) is 1.61. The molecule has 0 atom stereocenters. The van der Waals surface area contributed by atoms with Gasteiger partial charge in [-0.3, -0.25) is 0 Å². The quantitative estimate of drug-likeness (QED) is 0.753. The Bertz CT molecular complexity index is 856. The highest BCUT2D eigenvalue weighted by molar-refractivity contribution is 5.94. The molecule has 118 valence electrons. The first-order valence-electron chi connectivity index (χ1n) is 7.13. The molecule has 0 fully saturated rings. The Morgan fingerprint density at radius 3 is 2.70 bits per heavy atom. The van der Waals surface area contributed by atoms with Crippen LogP contribution in [0.3, 0.4) is 0 Å². The van der Waals surface area contributed by atoms with Crippen LogP contribution in [0, 0.1) is 0 Å². The molecule has 23 heavy (non-hydrogen) atoms. The van der Waals surface area contributed by atoms with Crippen molar-refractivity contribution in [2.24, 2.45) is 0 Å². The van der Waals surface area contributed by atoms with E-state index in [9.17, 15) is 9.90 Å².